The van der Waals surface area contributed by atoms with Crippen LogP contribution in [0.4, 0.5) is 0 Å². The van der Waals surface area contributed by atoms with E-state index < -0.39 is 11.0 Å². The van der Waals surface area contributed by atoms with Gasteiger partial charge in [0.15, 0.2) is 11.5 Å². The third-order valence-electron chi connectivity index (χ3n) is 9.95. The number of hydrogen-bond donors (Lipinski definition) is 2. The lowest BCUT2D eigenvalue weighted by molar-refractivity contribution is -0.162. The quantitative estimate of drug-likeness (QED) is 0.704. The summed E-state index contributed by atoms with van der Waals surface area (Å²) in [5.41, 5.74) is 0.725. The first-order valence-electron chi connectivity index (χ1n) is 13.5. The first kappa shape index (κ1) is 21.5. The van der Waals surface area contributed by atoms with E-state index in [-0.39, 0.29) is 23.8 Å². The highest BCUT2D eigenvalue weighted by atomic mass is 16.5. The van der Waals surface area contributed by atoms with Crippen LogP contribution in [0, 0.1) is 5.92 Å². The summed E-state index contributed by atoms with van der Waals surface area (Å²) in [6, 6.07) is 3.83. The Morgan fingerprint density at radius 1 is 1.09 bits per heavy atom. The lowest BCUT2D eigenvalue weighted by Crippen LogP contribution is -2.74. The standard InChI is InChI=1S/C27H37N3O4/c31-20-7-6-19-14-21-27(33)9-13-30(23(32)17-28-10-2-1-3-11-28)16-22-26(27,24(19)25(20)34-22)8-12-29(21)15-18-4-5-18/h6-7,18,21-22,31,33H,1-5,8-17H2/t21-,22+,26-,27-/m1/s1. The third-order valence-corrected chi connectivity index (χ3v) is 9.95. The first-order chi connectivity index (χ1) is 16.5. The summed E-state index contributed by atoms with van der Waals surface area (Å²) in [7, 11) is 0. The van der Waals surface area contributed by atoms with Gasteiger partial charge in [0, 0.05) is 24.7 Å². The lowest BCUT2D eigenvalue weighted by atomic mass is 9.52. The molecule has 2 N–H and O–H groups in total. The molecule has 4 aliphatic heterocycles. The van der Waals surface area contributed by atoms with Crippen molar-refractivity contribution in [1.82, 2.24) is 14.7 Å². The molecule has 1 amide bonds. The van der Waals surface area contributed by atoms with Crippen LogP contribution in [0.3, 0.4) is 0 Å². The Hall–Kier alpha value is -1.83. The maximum Gasteiger partial charge on any atom is 0.236 e. The molecule has 7 nitrogen and oxygen atoms in total. The van der Waals surface area contributed by atoms with Gasteiger partial charge in [-0.25, -0.2) is 0 Å². The molecule has 2 bridgehead atoms. The van der Waals surface area contributed by atoms with Crippen molar-refractivity contribution < 1.29 is 19.7 Å². The maximum absolute atomic E-state index is 13.5. The van der Waals surface area contributed by atoms with Crippen molar-refractivity contribution in [2.24, 2.45) is 5.92 Å². The normalized spacial score (nSPS) is 37.1. The molecule has 6 aliphatic rings. The van der Waals surface area contributed by atoms with Gasteiger partial charge in [-0.2, -0.15) is 0 Å². The van der Waals surface area contributed by atoms with Gasteiger partial charge in [-0.15, -0.1) is 0 Å². The summed E-state index contributed by atoms with van der Waals surface area (Å²) < 4.78 is 6.52. The van der Waals surface area contributed by atoms with Crippen LogP contribution in [0.5, 0.6) is 11.5 Å². The fourth-order valence-corrected chi connectivity index (χ4v) is 8.04. The zero-order valence-corrected chi connectivity index (χ0v) is 20.0. The van der Waals surface area contributed by atoms with E-state index in [1.165, 1.54) is 24.8 Å². The molecule has 4 heterocycles. The number of benzene rings is 1. The number of phenols is 1. The number of piperidine rings is 2. The van der Waals surface area contributed by atoms with Gasteiger partial charge in [0.25, 0.3) is 0 Å². The second kappa shape index (κ2) is 7.58. The van der Waals surface area contributed by atoms with E-state index in [2.05, 4.69) is 9.80 Å². The van der Waals surface area contributed by atoms with E-state index in [1.54, 1.807) is 6.07 Å². The lowest BCUT2D eigenvalue weighted by Gasteiger charge is -2.60. The number of carbonyl (C=O) groups excluding carboxylic acids is 1. The number of rotatable bonds is 4. The van der Waals surface area contributed by atoms with Gasteiger partial charge >= 0.3 is 0 Å². The molecule has 0 aromatic heterocycles. The van der Waals surface area contributed by atoms with E-state index in [0.29, 0.717) is 31.8 Å². The number of ether oxygens (including phenoxy) is 1. The summed E-state index contributed by atoms with van der Waals surface area (Å²) in [6.07, 6.45) is 8.02. The van der Waals surface area contributed by atoms with Crippen molar-refractivity contribution in [2.45, 2.75) is 74.5 Å². The van der Waals surface area contributed by atoms with E-state index in [4.69, 9.17) is 4.74 Å². The average Bonchev–Trinajstić information content (AvgIpc) is 3.60. The number of carbonyl (C=O) groups is 1. The largest absolute Gasteiger partial charge is 0.504 e. The highest BCUT2D eigenvalue weighted by molar-refractivity contribution is 5.78. The summed E-state index contributed by atoms with van der Waals surface area (Å²) in [4.78, 5) is 20.2. The SMILES string of the molecule is O=C(CN1CCCCC1)N1CC[C@@]2(O)[C@H]3Cc4ccc(O)c5c4[C@@]2(CCN3CC2CC2)[C@H](C1)O5. The van der Waals surface area contributed by atoms with Gasteiger partial charge < -0.3 is 19.8 Å². The Kier molecular flexibility index (Phi) is 4.78. The predicted molar refractivity (Wildman–Crippen MR) is 127 cm³/mol. The fraction of sp³-hybridized carbons (Fsp3) is 0.741. The molecule has 34 heavy (non-hydrogen) atoms. The Balaban J connectivity index is 1.26. The van der Waals surface area contributed by atoms with Crippen molar-refractivity contribution >= 4 is 5.91 Å². The third kappa shape index (κ3) is 2.96. The number of aromatic hydroxyl groups is 1. The van der Waals surface area contributed by atoms with Crippen LogP contribution in [0.1, 0.15) is 56.1 Å². The minimum atomic E-state index is -0.961. The minimum Gasteiger partial charge on any atom is -0.504 e. The first-order valence-corrected chi connectivity index (χ1v) is 13.5. The topological polar surface area (TPSA) is 76.5 Å². The Bertz CT molecular complexity index is 1010. The number of amides is 1. The number of hydrogen-bond acceptors (Lipinski definition) is 6. The van der Waals surface area contributed by atoms with E-state index in [0.717, 1.165) is 63.3 Å². The molecular formula is C27H37N3O4. The van der Waals surface area contributed by atoms with Gasteiger partial charge in [-0.1, -0.05) is 12.5 Å². The predicted octanol–water partition coefficient (Wildman–Crippen LogP) is 1.88. The zero-order valence-electron chi connectivity index (χ0n) is 20.0. The highest BCUT2D eigenvalue weighted by Crippen LogP contribution is 2.63. The molecule has 1 aromatic rings. The molecular weight excluding hydrogens is 430 g/mol. The van der Waals surface area contributed by atoms with E-state index in [9.17, 15) is 15.0 Å². The average molecular weight is 468 g/mol. The molecule has 1 spiro atoms. The molecule has 1 aromatic carbocycles. The van der Waals surface area contributed by atoms with Crippen LogP contribution in [-0.4, -0.2) is 94.4 Å². The molecule has 0 unspecified atom stereocenters. The minimum absolute atomic E-state index is 0.0353. The van der Waals surface area contributed by atoms with Crippen LogP contribution in [-0.2, 0) is 16.6 Å². The van der Waals surface area contributed by atoms with Crippen molar-refractivity contribution in [3.05, 3.63) is 23.3 Å². The van der Waals surface area contributed by atoms with E-state index in [1.807, 2.05) is 11.0 Å². The van der Waals surface area contributed by atoms with Crippen molar-refractivity contribution in [1.29, 1.82) is 0 Å². The Morgan fingerprint density at radius 3 is 2.71 bits per heavy atom. The Labute approximate surface area is 201 Å². The second-order valence-corrected chi connectivity index (χ2v) is 11.8. The molecule has 7 rings (SSSR count). The van der Waals surface area contributed by atoms with Crippen LogP contribution >= 0.6 is 0 Å². The van der Waals surface area contributed by atoms with Gasteiger partial charge in [0.1, 0.15) is 6.10 Å². The van der Waals surface area contributed by atoms with Crippen LogP contribution in [0.15, 0.2) is 12.1 Å². The number of phenolic OH excluding ortho intramolecular Hbond substituents is 1. The molecule has 1 saturated carbocycles. The molecule has 0 radical (unpaired) electrons. The monoisotopic (exact) mass is 467 g/mol. The molecule has 184 valence electrons. The fourth-order valence-electron chi connectivity index (χ4n) is 8.04. The summed E-state index contributed by atoms with van der Waals surface area (Å²) in [6.45, 7) is 5.51. The van der Waals surface area contributed by atoms with Crippen LogP contribution in [0.2, 0.25) is 0 Å². The summed E-state index contributed by atoms with van der Waals surface area (Å²) >= 11 is 0. The molecule has 4 fully saturated rings. The zero-order chi connectivity index (χ0) is 23.1. The van der Waals surface area contributed by atoms with Gasteiger partial charge in [-0.3, -0.25) is 14.6 Å². The summed E-state index contributed by atoms with van der Waals surface area (Å²) in [5.74, 6) is 1.63. The molecule has 4 atom stereocenters. The van der Waals surface area contributed by atoms with Crippen molar-refractivity contribution in [3.8, 4) is 11.5 Å². The van der Waals surface area contributed by atoms with Crippen LogP contribution in [0.25, 0.3) is 0 Å². The highest BCUT2D eigenvalue weighted by Gasteiger charge is 2.71. The Morgan fingerprint density at radius 2 is 1.91 bits per heavy atom. The smallest absolute Gasteiger partial charge is 0.236 e. The molecule has 7 heteroatoms. The molecule has 2 aliphatic carbocycles. The van der Waals surface area contributed by atoms with Gasteiger partial charge in [0.2, 0.25) is 5.91 Å². The van der Waals surface area contributed by atoms with Gasteiger partial charge in [0.05, 0.1) is 24.1 Å². The number of nitrogens with zero attached hydrogens (tertiary/aromatic N) is 3. The number of aliphatic hydroxyl groups is 1. The van der Waals surface area contributed by atoms with Crippen molar-refractivity contribution in [3.63, 3.8) is 0 Å². The summed E-state index contributed by atoms with van der Waals surface area (Å²) in [5, 5.41) is 23.4. The second-order valence-electron chi connectivity index (χ2n) is 11.8. The van der Waals surface area contributed by atoms with Crippen molar-refractivity contribution in [2.75, 3.05) is 45.8 Å². The molecule has 3 saturated heterocycles. The van der Waals surface area contributed by atoms with E-state index >= 15 is 0 Å². The number of likely N-dealkylation sites (tertiary alicyclic amines) is 3. The van der Waals surface area contributed by atoms with Gasteiger partial charge in [-0.05, 0) is 82.1 Å². The maximum atomic E-state index is 13.5. The van der Waals surface area contributed by atoms with Crippen LogP contribution < -0.4 is 4.74 Å².